The van der Waals surface area contributed by atoms with E-state index in [2.05, 4.69) is 20.4 Å². The minimum absolute atomic E-state index is 0.0135. The number of halogens is 1. The first-order valence-electron chi connectivity index (χ1n) is 8.50. The molecule has 0 radical (unpaired) electrons. The van der Waals surface area contributed by atoms with Crippen LogP contribution in [0.3, 0.4) is 0 Å². The van der Waals surface area contributed by atoms with Crippen molar-refractivity contribution in [2.24, 2.45) is 0 Å². The van der Waals surface area contributed by atoms with E-state index < -0.39 is 36.7 Å². The Balaban J connectivity index is 1.64. The Kier molecular flexibility index (Phi) is 5.06. The van der Waals surface area contributed by atoms with Crippen molar-refractivity contribution in [2.45, 2.75) is 30.6 Å². The molecule has 1 aliphatic rings. The van der Waals surface area contributed by atoms with Crippen molar-refractivity contribution in [3.8, 4) is 0 Å². The average molecular weight is 422 g/mol. The molecule has 12 heteroatoms. The monoisotopic (exact) mass is 421 g/mol. The number of carboxylic acid groups (broad SMARTS) is 1. The van der Waals surface area contributed by atoms with Crippen molar-refractivity contribution in [1.29, 1.82) is 0 Å². The predicted molar refractivity (Wildman–Crippen MR) is 99.3 cm³/mol. The molecule has 3 aromatic rings. The van der Waals surface area contributed by atoms with Crippen molar-refractivity contribution < 1.29 is 30.0 Å². The van der Waals surface area contributed by atoms with E-state index in [1.165, 1.54) is 10.9 Å². The molecule has 1 fully saturated rings. The summed E-state index contributed by atoms with van der Waals surface area (Å²) in [4.78, 5) is 18.8. The third kappa shape index (κ3) is 3.50. The fourth-order valence-corrected chi connectivity index (χ4v) is 3.37. The molecule has 152 valence electrons. The summed E-state index contributed by atoms with van der Waals surface area (Å²) in [6, 6.07) is 6.35. The molecule has 1 aromatic carbocycles. The number of hydrogen-bond donors (Lipinski definition) is 5. The lowest BCUT2D eigenvalue weighted by molar-refractivity contribution is -0.0884. The number of carbonyl (C=O) groups is 1. The molecule has 11 nitrogen and oxygen atoms in total. The largest absolute Gasteiger partial charge is 0.465 e. The van der Waals surface area contributed by atoms with Crippen molar-refractivity contribution >= 4 is 34.5 Å². The smallest absolute Gasteiger partial charge is 0.410 e. The molecule has 5 N–H and O–H groups in total. The second-order valence-corrected chi connectivity index (χ2v) is 6.88. The van der Waals surface area contributed by atoms with Gasteiger partial charge in [0, 0.05) is 5.02 Å². The molecular weight excluding hydrogens is 406 g/mol. The number of ether oxygens (including phenoxy) is 1. The summed E-state index contributed by atoms with van der Waals surface area (Å²) >= 11 is 5.85. The summed E-state index contributed by atoms with van der Waals surface area (Å²) in [6.45, 7) is 0. The molecule has 0 spiro atoms. The summed E-state index contributed by atoms with van der Waals surface area (Å²) in [5.41, 5.74) is 0.633. The van der Waals surface area contributed by atoms with Gasteiger partial charge in [-0.05, 0) is 17.7 Å². The van der Waals surface area contributed by atoms with Crippen LogP contribution >= 0.6 is 11.6 Å². The van der Waals surface area contributed by atoms with Crippen molar-refractivity contribution in [3.05, 3.63) is 47.4 Å². The Hall–Kier alpha value is -2.83. The highest BCUT2D eigenvalue weighted by Crippen LogP contribution is 2.37. The molecule has 5 atom stereocenters. The number of aliphatic hydroxyl groups is 3. The van der Waals surface area contributed by atoms with Crippen LogP contribution in [-0.2, 0) is 4.74 Å². The van der Waals surface area contributed by atoms with Gasteiger partial charge in [0.15, 0.2) is 11.9 Å². The Morgan fingerprint density at radius 1 is 1.21 bits per heavy atom. The van der Waals surface area contributed by atoms with Crippen LogP contribution in [0.5, 0.6) is 0 Å². The van der Waals surface area contributed by atoms with Gasteiger partial charge in [-0.15, -0.1) is 0 Å². The van der Waals surface area contributed by atoms with E-state index in [4.69, 9.17) is 21.4 Å². The molecule has 2 aromatic heterocycles. The van der Waals surface area contributed by atoms with Crippen molar-refractivity contribution in [1.82, 2.24) is 19.7 Å². The van der Waals surface area contributed by atoms with Crippen LogP contribution in [0.25, 0.3) is 11.0 Å². The summed E-state index contributed by atoms with van der Waals surface area (Å²) in [5, 5.41) is 47.4. The Bertz CT molecular complexity index is 1040. The minimum Gasteiger partial charge on any atom is -0.465 e. The predicted octanol–water partition coefficient (Wildman–Crippen LogP) is 0.922. The van der Waals surface area contributed by atoms with Gasteiger partial charge in [-0.2, -0.15) is 5.10 Å². The molecule has 0 aliphatic carbocycles. The summed E-state index contributed by atoms with van der Waals surface area (Å²) in [7, 11) is 0. The number of hydrogen-bond acceptors (Lipinski definition) is 8. The van der Waals surface area contributed by atoms with Gasteiger partial charge >= 0.3 is 6.09 Å². The second kappa shape index (κ2) is 7.54. The quantitative estimate of drug-likeness (QED) is 0.412. The number of rotatable bonds is 4. The molecule has 0 bridgehead atoms. The first-order chi connectivity index (χ1) is 13.9. The first-order valence-corrected chi connectivity index (χ1v) is 8.88. The van der Waals surface area contributed by atoms with Gasteiger partial charge < -0.3 is 25.2 Å². The first kappa shape index (κ1) is 19.5. The number of benzene rings is 1. The van der Waals surface area contributed by atoms with E-state index >= 15 is 0 Å². The van der Waals surface area contributed by atoms with Gasteiger partial charge in [-0.25, -0.2) is 19.4 Å². The summed E-state index contributed by atoms with van der Waals surface area (Å²) in [6.07, 6.45) is -5.25. The van der Waals surface area contributed by atoms with Crippen LogP contribution < -0.4 is 5.32 Å². The highest BCUT2D eigenvalue weighted by Gasteiger charge is 2.48. The van der Waals surface area contributed by atoms with E-state index in [1.807, 2.05) is 0 Å². The van der Waals surface area contributed by atoms with Gasteiger partial charge in [0.2, 0.25) is 0 Å². The molecule has 1 unspecified atom stereocenters. The van der Waals surface area contributed by atoms with Crippen LogP contribution in [0.15, 0.2) is 36.8 Å². The standard InChI is InChI=1S/C17H16ClN5O6/c18-8-3-1-7(2-4-8)10(24)13-11(25)12(26)16(29-13)23-15-9(5-21-23)14(19-6-20-15)22-17(27)28/h1-6,10-13,16,24-26H,(H,27,28)(H,19,20,22)/t10?,11-,12+,13+,16+/m0/s1. The van der Waals surface area contributed by atoms with Gasteiger partial charge in [0.25, 0.3) is 0 Å². The fourth-order valence-electron chi connectivity index (χ4n) is 3.25. The maximum Gasteiger partial charge on any atom is 0.410 e. The Morgan fingerprint density at radius 2 is 1.93 bits per heavy atom. The Labute approximate surface area is 168 Å². The van der Waals surface area contributed by atoms with Crippen molar-refractivity contribution in [2.75, 3.05) is 5.32 Å². The fraction of sp³-hybridized carbons (Fsp3) is 0.294. The van der Waals surface area contributed by atoms with Gasteiger partial charge in [-0.3, -0.25) is 5.32 Å². The van der Waals surface area contributed by atoms with Gasteiger partial charge in [0.05, 0.1) is 11.6 Å². The number of fused-ring (bicyclic) bond motifs is 1. The third-order valence-electron chi connectivity index (χ3n) is 4.66. The van der Waals surface area contributed by atoms with Crippen LogP contribution in [-0.4, -0.2) is 64.6 Å². The number of aromatic nitrogens is 4. The SMILES string of the molecule is O=C(O)Nc1ncnc2c1cnn2[C@@H]1O[C@H](C(O)c2ccc(Cl)cc2)[C@@H](O)[C@H]1O. The highest BCUT2D eigenvalue weighted by atomic mass is 35.5. The molecule has 29 heavy (non-hydrogen) atoms. The normalized spacial score (nSPS) is 25.2. The lowest BCUT2D eigenvalue weighted by Gasteiger charge is -2.21. The van der Waals surface area contributed by atoms with E-state index in [-0.39, 0.29) is 16.9 Å². The number of nitrogens with one attached hydrogen (secondary N) is 1. The third-order valence-corrected chi connectivity index (χ3v) is 4.91. The van der Waals surface area contributed by atoms with Crippen LogP contribution in [0, 0.1) is 0 Å². The molecule has 3 heterocycles. The molecule has 1 aliphatic heterocycles. The average Bonchev–Trinajstić information content (AvgIpc) is 3.24. The lowest BCUT2D eigenvalue weighted by Crippen LogP contribution is -2.35. The van der Waals surface area contributed by atoms with E-state index in [9.17, 15) is 20.1 Å². The molecule has 1 saturated heterocycles. The van der Waals surface area contributed by atoms with Crippen LogP contribution in [0.4, 0.5) is 10.6 Å². The zero-order valence-electron chi connectivity index (χ0n) is 14.6. The molecule has 4 rings (SSSR count). The maximum absolute atomic E-state index is 10.9. The number of anilines is 1. The van der Waals surface area contributed by atoms with Crippen molar-refractivity contribution in [3.63, 3.8) is 0 Å². The topological polar surface area (TPSA) is 163 Å². The summed E-state index contributed by atoms with van der Waals surface area (Å²) < 4.78 is 6.93. The van der Waals surface area contributed by atoms with Crippen LogP contribution in [0.1, 0.15) is 17.9 Å². The van der Waals surface area contributed by atoms with Gasteiger partial charge in [0.1, 0.15) is 36.6 Å². The lowest BCUT2D eigenvalue weighted by atomic mass is 9.99. The zero-order chi connectivity index (χ0) is 20.7. The molecule has 0 saturated carbocycles. The minimum atomic E-state index is -1.42. The molecule has 1 amide bonds. The number of amides is 1. The van der Waals surface area contributed by atoms with E-state index in [0.29, 0.717) is 10.6 Å². The van der Waals surface area contributed by atoms with E-state index in [0.717, 1.165) is 6.33 Å². The van der Waals surface area contributed by atoms with Gasteiger partial charge in [-0.1, -0.05) is 23.7 Å². The van der Waals surface area contributed by atoms with E-state index in [1.54, 1.807) is 24.3 Å². The second-order valence-electron chi connectivity index (χ2n) is 6.45. The highest BCUT2D eigenvalue weighted by molar-refractivity contribution is 6.30. The van der Waals surface area contributed by atoms with Crippen LogP contribution in [0.2, 0.25) is 5.02 Å². The number of nitrogens with zero attached hydrogens (tertiary/aromatic N) is 4. The summed E-state index contributed by atoms with van der Waals surface area (Å²) in [5.74, 6) is 0.0135. The zero-order valence-corrected chi connectivity index (χ0v) is 15.4. The number of aliphatic hydroxyl groups excluding tert-OH is 3. The Morgan fingerprint density at radius 3 is 2.62 bits per heavy atom. The molecular formula is C17H16ClN5O6. The maximum atomic E-state index is 10.9.